The quantitative estimate of drug-likeness (QED) is 0.478. The lowest BCUT2D eigenvalue weighted by molar-refractivity contribution is 0.0976. The first-order valence-corrected chi connectivity index (χ1v) is 9.79. The molecule has 0 heterocycles. The predicted molar refractivity (Wildman–Crippen MR) is 117 cm³/mol. The Bertz CT molecular complexity index is 916. The summed E-state index contributed by atoms with van der Waals surface area (Å²) in [4.78, 5) is 12.9. The van der Waals surface area contributed by atoms with Crippen LogP contribution in [-0.4, -0.2) is 20.0 Å². The lowest BCUT2D eigenvalue weighted by Crippen LogP contribution is -2.16. The Morgan fingerprint density at radius 3 is 1.90 bits per heavy atom. The van der Waals surface area contributed by atoms with Gasteiger partial charge in [0, 0.05) is 17.7 Å². The first kappa shape index (κ1) is 20.5. The van der Waals surface area contributed by atoms with Gasteiger partial charge in [-0.1, -0.05) is 31.2 Å². The second-order valence-corrected chi connectivity index (χ2v) is 6.88. The fourth-order valence-corrected chi connectivity index (χ4v) is 3.21. The van der Waals surface area contributed by atoms with E-state index in [1.165, 1.54) is 5.56 Å². The third kappa shape index (κ3) is 5.38. The highest BCUT2D eigenvalue weighted by Crippen LogP contribution is 2.27. The van der Waals surface area contributed by atoms with Gasteiger partial charge in [-0.25, -0.2) is 0 Å². The van der Waals surface area contributed by atoms with Gasteiger partial charge in [-0.2, -0.15) is 0 Å². The molecule has 0 aliphatic rings. The maximum Gasteiger partial charge on any atom is 0.165 e. The van der Waals surface area contributed by atoms with Crippen molar-refractivity contribution >= 4 is 11.5 Å². The van der Waals surface area contributed by atoms with Gasteiger partial charge < -0.3 is 14.8 Å². The average Bonchev–Trinajstić information content (AvgIpc) is 2.79. The Kier molecular flexibility index (Phi) is 6.90. The monoisotopic (exact) mass is 389 g/mol. The minimum atomic E-state index is -0.150. The van der Waals surface area contributed by atoms with Gasteiger partial charge in [0.15, 0.2) is 5.78 Å². The number of Topliss-reactive ketones (excluding diaryl/α,β-unsaturated/α-hetero) is 1. The lowest BCUT2D eigenvalue weighted by atomic mass is 9.97. The number of hydrogen-bond donors (Lipinski definition) is 1. The first-order valence-electron chi connectivity index (χ1n) is 9.79. The van der Waals surface area contributed by atoms with E-state index in [0.717, 1.165) is 29.2 Å². The van der Waals surface area contributed by atoms with Crippen molar-refractivity contribution in [3.8, 4) is 11.5 Å². The van der Waals surface area contributed by atoms with E-state index in [1.807, 2.05) is 48.5 Å². The summed E-state index contributed by atoms with van der Waals surface area (Å²) in [5.74, 6) is 1.61. The topological polar surface area (TPSA) is 47.6 Å². The molecule has 4 nitrogen and oxygen atoms in total. The Hall–Kier alpha value is -3.27. The Morgan fingerprint density at radius 1 is 0.828 bits per heavy atom. The van der Waals surface area contributed by atoms with Crippen LogP contribution >= 0.6 is 0 Å². The Morgan fingerprint density at radius 2 is 1.38 bits per heavy atom. The molecule has 0 amide bonds. The molecule has 4 heteroatoms. The number of ketones is 1. The molecule has 0 bridgehead atoms. The van der Waals surface area contributed by atoms with Gasteiger partial charge in [0.25, 0.3) is 0 Å². The second-order valence-electron chi connectivity index (χ2n) is 6.88. The van der Waals surface area contributed by atoms with E-state index in [4.69, 9.17) is 9.47 Å². The largest absolute Gasteiger partial charge is 0.497 e. The zero-order valence-electron chi connectivity index (χ0n) is 17.1. The van der Waals surface area contributed by atoms with Crippen LogP contribution < -0.4 is 14.8 Å². The second kappa shape index (κ2) is 9.78. The van der Waals surface area contributed by atoms with Crippen LogP contribution in [0.5, 0.6) is 11.5 Å². The summed E-state index contributed by atoms with van der Waals surface area (Å²) < 4.78 is 10.4. The Balaban J connectivity index is 1.82. The normalized spacial score (nSPS) is 11.6. The van der Waals surface area contributed by atoms with Crippen LogP contribution in [-0.2, 0) is 6.42 Å². The standard InChI is InChI=1S/C25H27NO3/c1-4-18-5-11-21(12-6-18)26-24(19-7-13-22(28-2)14-8-19)17-25(27)20-9-15-23(29-3)16-10-20/h5-16,24,26H,4,17H2,1-3H3/t24-/m0/s1. The zero-order valence-corrected chi connectivity index (χ0v) is 17.1. The summed E-state index contributed by atoms with van der Waals surface area (Å²) >= 11 is 0. The van der Waals surface area contributed by atoms with Crippen LogP contribution in [0.4, 0.5) is 5.69 Å². The van der Waals surface area contributed by atoms with Crippen LogP contribution in [0.3, 0.4) is 0 Å². The number of methoxy groups -OCH3 is 2. The number of nitrogens with one attached hydrogen (secondary N) is 1. The SMILES string of the molecule is CCc1ccc(N[C@@H](CC(=O)c2ccc(OC)cc2)c2ccc(OC)cc2)cc1. The molecule has 0 unspecified atom stereocenters. The fraction of sp³-hybridized carbons (Fsp3) is 0.240. The molecule has 0 saturated heterocycles. The number of aryl methyl sites for hydroxylation is 1. The molecule has 29 heavy (non-hydrogen) atoms. The van der Waals surface area contributed by atoms with Gasteiger partial charge in [0.2, 0.25) is 0 Å². The summed E-state index contributed by atoms with van der Waals surface area (Å²) in [7, 11) is 3.26. The number of anilines is 1. The highest BCUT2D eigenvalue weighted by molar-refractivity contribution is 5.96. The summed E-state index contributed by atoms with van der Waals surface area (Å²) in [6.07, 6.45) is 1.34. The van der Waals surface area contributed by atoms with Crippen molar-refractivity contribution in [3.63, 3.8) is 0 Å². The number of ether oxygens (including phenoxy) is 2. The number of benzene rings is 3. The van der Waals surface area contributed by atoms with Crippen LogP contribution in [0, 0.1) is 0 Å². The molecule has 0 aliphatic heterocycles. The first-order chi connectivity index (χ1) is 14.1. The maximum absolute atomic E-state index is 12.9. The van der Waals surface area contributed by atoms with Crippen molar-refractivity contribution in [3.05, 3.63) is 89.5 Å². The van der Waals surface area contributed by atoms with Crippen LogP contribution in [0.25, 0.3) is 0 Å². The van der Waals surface area contributed by atoms with E-state index < -0.39 is 0 Å². The third-order valence-electron chi connectivity index (χ3n) is 5.02. The van der Waals surface area contributed by atoms with E-state index in [0.29, 0.717) is 12.0 Å². The molecule has 0 aromatic heterocycles. The summed E-state index contributed by atoms with van der Waals surface area (Å²) in [5, 5.41) is 3.52. The van der Waals surface area contributed by atoms with Crippen molar-refractivity contribution < 1.29 is 14.3 Å². The third-order valence-corrected chi connectivity index (χ3v) is 5.02. The molecule has 1 N–H and O–H groups in total. The summed E-state index contributed by atoms with van der Waals surface area (Å²) in [6, 6.07) is 23.3. The Labute approximate surface area is 172 Å². The van der Waals surface area contributed by atoms with Gasteiger partial charge in [-0.05, 0) is 66.1 Å². The number of hydrogen-bond acceptors (Lipinski definition) is 4. The molecule has 1 atom stereocenters. The summed E-state index contributed by atoms with van der Waals surface area (Å²) in [6.45, 7) is 2.14. The molecule has 3 aromatic rings. The van der Waals surface area contributed by atoms with Crippen molar-refractivity contribution in [2.75, 3.05) is 19.5 Å². The van der Waals surface area contributed by atoms with E-state index in [2.05, 4.69) is 36.5 Å². The number of carbonyl (C=O) groups excluding carboxylic acids is 1. The highest BCUT2D eigenvalue weighted by Gasteiger charge is 2.18. The van der Waals surface area contributed by atoms with Crippen molar-refractivity contribution in [2.24, 2.45) is 0 Å². The summed E-state index contributed by atoms with van der Waals surface area (Å²) in [5.41, 5.74) is 3.98. The maximum atomic E-state index is 12.9. The van der Waals surface area contributed by atoms with Crippen molar-refractivity contribution in [1.82, 2.24) is 0 Å². The molecule has 0 saturated carbocycles. The number of rotatable bonds is 9. The van der Waals surface area contributed by atoms with E-state index in [9.17, 15) is 4.79 Å². The smallest absolute Gasteiger partial charge is 0.165 e. The van der Waals surface area contributed by atoms with Crippen molar-refractivity contribution in [1.29, 1.82) is 0 Å². The van der Waals surface area contributed by atoms with Gasteiger partial charge in [-0.15, -0.1) is 0 Å². The van der Waals surface area contributed by atoms with Gasteiger partial charge in [-0.3, -0.25) is 4.79 Å². The molecule has 0 radical (unpaired) electrons. The minimum absolute atomic E-state index is 0.0751. The predicted octanol–water partition coefficient (Wildman–Crippen LogP) is 5.69. The highest BCUT2D eigenvalue weighted by atomic mass is 16.5. The van der Waals surface area contributed by atoms with Gasteiger partial charge in [0.1, 0.15) is 11.5 Å². The van der Waals surface area contributed by atoms with Crippen LogP contribution in [0.2, 0.25) is 0 Å². The number of carbonyl (C=O) groups is 1. The minimum Gasteiger partial charge on any atom is -0.497 e. The van der Waals surface area contributed by atoms with Gasteiger partial charge >= 0.3 is 0 Å². The molecule has 0 spiro atoms. The molecule has 3 rings (SSSR count). The van der Waals surface area contributed by atoms with Crippen LogP contribution in [0.15, 0.2) is 72.8 Å². The van der Waals surface area contributed by atoms with Gasteiger partial charge in [0.05, 0.1) is 20.3 Å². The molecular formula is C25H27NO3. The van der Waals surface area contributed by atoms with Crippen molar-refractivity contribution in [2.45, 2.75) is 25.8 Å². The van der Waals surface area contributed by atoms with E-state index >= 15 is 0 Å². The molecule has 3 aromatic carbocycles. The average molecular weight is 389 g/mol. The molecule has 0 fully saturated rings. The molecule has 150 valence electrons. The molecule has 0 aliphatic carbocycles. The fourth-order valence-electron chi connectivity index (χ4n) is 3.21. The van der Waals surface area contributed by atoms with E-state index in [-0.39, 0.29) is 11.8 Å². The van der Waals surface area contributed by atoms with Crippen LogP contribution in [0.1, 0.15) is 40.9 Å². The van der Waals surface area contributed by atoms with E-state index in [1.54, 1.807) is 14.2 Å². The zero-order chi connectivity index (χ0) is 20.6. The molecular weight excluding hydrogens is 362 g/mol. The lowest BCUT2D eigenvalue weighted by Gasteiger charge is -2.21.